The summed E-state index contributed by atoms with van der Waals surface area (Å²) in [6.45, 7) is 4.66. The quantitative estimate of drug-likeness (QED) is 0.663. The van der Waals surface area contributed by atoms with Crippen LogP contribution in [0.25, 0.3) is 0 Å². The second-order valence-corrected chi connectivity index (χ2v) is 6.78. The molecule has 0 fully saturated rings. The minimum absolute atomic E-state index is 0.00639. The summed E-state index contributed by atoms with van der Waals surface area (Å²) in [7, 11) is 2.20. The van der Waals surface area contributed by atoms with Gasteiger partial charge in [0.1, 0.15) is 0 Å². The summed E-state index contributed by atoms with van der Waals surface area (Å²) in [5.41, 5.74) is 2.77. The molecule has 0 bridgehead atoms. The van der Waals surface area contributed by atoms with Crippen LogP contribution in [-0.2, 0) is 11.8 Å². The van der Waals surface area contributed by atoms with E-state index in [-0.39, 0.29) is 12.0 Å². The molecule has 1 aromatic rings. The summed E-state index contributed by atoms with van der Waals surface area (Å²) >= 11 is 0. The molecule has 2 heteroatoms. The molecule has 0 saturated carbocycles. The van der Waals surface area contributed by atoms with Crippen LogP contribution in [0.3, 0.4) is 0 Å². The number of hydrogen-bond acceptors (Lipinski definition) is 2. The Bertz CT molecular complexity index is 431. The van der Waals surface area contributed by atoms with E-state index in [2.05, 4.69) is 43.1 Å². The zero-order valence-electron chi connectivity index (χ0n) is 13.8. The Hall–Kier alpha value is -0.860. The van der Waals surface area contributed by atoms with Gasteiger partial charge in [0.25, 0.3) is 0 Å². The number of fused-ring (bicyclic) bond motifs is 1. The van der Waals surface area contributed by atoms with Crippen molar-refractivity contribution in [2.75, 3.05) is 26.7 Å². The summed E-state index contributed by atoms with van der Waals surface area (Å²) in [6.07, 6.45) is 9.10. The Kier molecular flexibility index (Phi) is 6.25. The standard InChI is InChI=1S/C19H31NO/c1-3-4-5-6-7-10-13-20(2)15-19(16-21)14-17-11-8-9-12-18(17)19/h8-9,11-12,21H,3-7,10,13-16H2,1-2H3. The van der Waals surface area contributed by atoms with Gasteiger partial charge in [-0.1, -0.05) is 63.3 Å². The van der Waals surface area contributed by atoms with Gasteiger partial charge < -0.3 is 10.0 Å². The normalized spacial score (nSPS) is 20.4. The SMILES string of the molecule is CCCCCCCCN(C)CC1(CO)Cc2ccccc21. The molecule has 1 unspecified atom stereocenters. The lowest BCUT2D eigenvalue weighted by atomic mass is 9.64. The van der Waals surface area contributed by atoms with Gasteiger partial charge in [-0.15, -0.1) is 0 Å². The van der Waals surface area contributed by atoms with Crippen molar-refractivity contribution in [1.82, 2.24) is 4.90 Å². The Labute approximate surface area is 130 Å². The van der Waals surface area contributed by atoms with Crippen molar-refractivity contribution in [3.8, 4) is 0 Å². The second kappa shape index (κ2) is 7.95. The number of likely N-dealkylation sites (N-methyl/N-ethyl adjacent to an activating group) is 1. The number of rotatable bonds is 10. The summed E-state index contributed by atoms with van der Waals surface area (Å²) in [5, 5.41) is 9.87. The van der Waals surface area contributed by atoms with Gasteiger partial charge in [-0.2, -0.15) is 0 Å². The number of nitrogens with zero attached hydrogens (tertiary/aromatic N) is 1. The minimum Gasteiger partial charge on any atom is -0.395 e. The van der Waals surface area contributed by atoms with Gasteiger partial charge in [0.05, 0.1) is 6.61 Å². The Balaban J connectivity index is 1.74. The lowest BCUT2D eigenvalue weighted by molar-refractivity contribution is 0.127. The maximum absolute atomic E-state index is 9.87. The fourth-order valence-electron chi connectivity index (χ4n) is 3.63. The highest BCUT2D eigenvalue weighted by molar-refractivity contribution is 5.45. The first-order valence-electron chi connectivity index (χ1n) is 8.59. The Morgan fingerprint density at radius 1 is 1.10 bits per heavy atom. The fraction of sp³-hybridized carbons (Fsp3) is 0.684. The molecule has 0 saturated heterocycles. The number of aliphatic hydroxyl groups is 1. The highest BCUT2D eigenvalue weighted by Gasteiger charge is 2.42. The topological polar surface area (TPSA) is 23.5 Å². The van der Waals surface area contributed by atoms with Crippen molar-refractivity contribution in [2.24, 2.45) is 0 Å². The first-order valence-corrected chi connectivity index (χ1v) is 8.59. The van der Waals surface area contributed by atoms with Gasteiger partial charge in [0.2, 0.25) is 0 Å². The molecule has 118 valence electrons. The molecule has 0 aromatic heterocycles. The van der Waals surface area contributed by atoms with Crippen LogP contribution in [0.5, 0.6) is 0 Å². The highest BCUT2D eigenvalue weighted by atomic mass is 16.3. The predicted molar refractivity (Wildman–Crippen MR) is 89.8 cm³/mol. The third kappa shape index (κ3) is 4.08. The number of unbranched alkanes of at least 4 members (excludes halogenated alkanes) is 5. The summed E-state index contributed by atoms with van der Waals surface area (Å²) in [6, 6.07) is 8.57. The third-order valence-electron chi connectivity index (χ3n) is 4.89. The van der Waals surface area contributed by atoms with Crippen LogP contribution in [0.4, 0.5) is 0 Å². The van der Waals surface area contributed by atoms with Gasteiger partial charge >= 0.3 is 0 Å². The molecule has 1 aliphatic rings. The van der Waals surface area contributed by atoms with Gasteiger partial charge in [0.15, 0.2) is 0 Å². The highest BCUT2D eigenvalue weighted by Crippen LogP contribution is 2.41. The van der Waals surface area contributed by atoms with E-state index in [0.717, 1.165) is 19.5 Å². The molecule has 0 spiro atoms. The fourth-order valence-corrected chi connectivity index (χ4v) is 3.63. The smallest absolute Gasteiger partial charge is 0.0543 e. The molecule has 21 heavy (non-hydrogen) atoms. The molecular formula is C19H31NO. The molecule has 1 aromatic carbocycles. The van der Waals surface area contributed by atoms with E-state index in [1.54, 1.807) is 0 Å². The van der Waals surface area contributed by atoms with Crippen molar-refractivity contribution in [2.45, 2.75) is 57.3 Å². The van der Waals surface area contributed by atoms with Crippen LogP contribution < -0.4 is 0 Å². The van der Waals surface area contributed by atoms with Crippen molar-refractivity contribution >= 4 is 0 Å². The van der Waals surface area contributed by atoms with Gasteiger partial charge in [-0.3, -0.25) is 0 Å². The molecule has 2 nitrogen and oxygen atoms in total. The molecule has 1 N–H and O–H groups in total. The lowest BCUT2D eigenvalue weighted by Crippen LogP contribution is -2.50. The lowest BCUT2D eigenvalue weighted by Gasteiger charge is -2.45. The summed E-state index contributed by atoms with van der Waals surface area (Å²) in [5.74, 6) is 0. The maximum atomic E-state index is 9.87. The number of benzene rings is 1. The molecule has 2 rings (SSSR count). The van der Waals surface area contributed by atoms with E-state index in [4.69, 9.17) is 0 Å². The summed E-state index contributed by atoms with van der Waals surface area (Å²) < 4.78 is 0. The average Bonchev–Trinajstić information content (AvgIpc) is 2.48. The first-order chi connectivity index (χ1) is 10.2. The van der Waals surface area contributed by atoms with E-state index in [9.17, 15) is 5.11 Å². The van der Waals surface area contributed by atoms with Gasteiger partial charge in [-0.25, -0.2) is 0 Å². The third-order valence-corrected chi connectivity index (χ3v) is 4.89. The number of aliphatic hydroxyl groups excluding tert-OH is 1. The van der Waals surface area contributed by atoms with Crippen LogP contribution in [-0.4, -0.2) is 36.8 Å². The molecule has 0 radical (unpaired) electrons. The average molecular weight is 289 g/mol. The Morgan fingerprint density at radius 3 is 2.52 bits per heavy atom. The molecule has 1 atom stereocenters. The molecule has 1 aliphatic carbocycles. The van der Waals surface area contributed by atoms with Crippen molar-refractivity contribution < 1.29 is 5.11 Å². The van der Waals surface area contributed by atoms with Crippen LogP contribution in [0.1, 0.15) is 56.6 Å². The van der Waals surface area contributed by atoms with Crippen LogP contribution in [0, 0.1) is 0 Å². The summed E-state index contributed by atoms with van der Waals surface area (Å²) in [4.78, 5) is 2.41. The van der Waals surface area contributed by atoms with Crippen LogP contribution in [0.2, 0.25) is 0 Å². The van der Waals surface area contributed by atoms with E-state index >= 15 is 0 Å². The van der Waals surface area contributed by atoms with Crippen molar-refractivity contribution in [3.63, 3.8) is 0 Å². The molecule has 0 heterocycles. The zero-order chi connectivity index (χ0) is 15.1. The zero-order valence-corrected chi connectivity index (χ0v) is 13.8. The second-order valence-electron chi connectivity index (χ2n) is 6.78. The minimum atomic E-state index is -0.00639. The van der Waals surface area contributed by atoms with E-state index in [1.165, 1.54) is 49.7 Å². The van der Waals surface area contributed by atoms with Crippen LogP contribution >= 0.6 is 0 Å². The van der Waals surface area contributed by atoms with Crippen molar-refractivity contribution in [3.05, 3.63) is 35.4 Å². The monoisotopic (exact) mass is 289 g/mol. The maximum Gasteiger partial charge on any atom is 0.0543 e. The van der Waals surface area contributed by atoms with Crippen molar-refractivity contribution in [1.29, 1.82) is 0 Å². The van der Waals surface area contributed by atoms with Gasteiger partial charge in [-0.05, 0) is 37.6 Å². The molecular weight excluding hydrogens is 258 g/mol. The van der Waals surface area contributed by atoms with E-state index in [1.807, 2.05) is 0 Å². The van der Waals surface area contributed by atoms with E-state index in [0.29, 0.717) is 0 Å². The Morgan fingerprint density at radius 2 is 1.81 bits per heavy atom. The van der Waals surface area contributed by atoms with Gasteiger partial charge in [0, 0.05) is 12.0 Å². The molecule has 0 amide bonds. The number of hydrogen-bond donors (Lipinski definition) is 1. The van der Waals surface area contributed by atoms with E-state index < -0.39 is 0 Å². The first kappa shape index (κ1) is 16.5. The van der Waals surface area contributed by atoms with Crippen LogP contribution in [0.15, 0.2) is 24.3 Å². The largest absolute Gasteiger partial charge is 0.395 e. The predicted octanol–water partition coefficient (Wildman–Crippen LogP) is 3.77. The molecule has 0 aliphatic heterocycles.